The Labute approximate surface area is 383 Å². The van der Waals surface area contributed by atoms with Crippen LogP contribution in [0.25, 0.3) is 0 Å². The van der Waals surface area contributed by atoms with Gasteiger partial charge in [-0.25, -0.2) is 4.18 Å². The Kier molecular flexibility index (Phi) is 37.5. The fourth-order valence-electron chi connectivity index (χ4n) is 8.07. The summed E-state index contributed by atoms with van der Waals surface area (Å²) < 4.78 is 47.5. The summed E-state index contributed by atoms with van der Waals surface area (Å²) in [6.45, 7) is 3.21. The van der Waals surface area contributed by atoms with E-state index in [9.17, 15) is 43.3 Å². The molecule has 0 bridgehead atoms. The fourth-order valence-corrected chi connectivity index (χ4v) is 8.57. The second-order valence-electron chi connectivity index (χ2n) is 17.9. The molecule has 0 aromatic rings. The van der Waals surface area contributed by atoms with Crippen LogP contribution < -0.4 is 5.32 Å². The van der Waals surface area contributed by atoms with E-state index in [1.165, 1.54) is 154 Å². The third kappa shape index (κ3) is 32.0. The van der Waals surface area contributed by atoms with Gasteiger partial charge in [0.05, 0.1) is 25.4 Å². The number of unbranched alkanes of at least 4 members (excludes halogenated alkanes) is 28. The number of aliphatic hydroxyl groups is 5. The van der Waals surface area contributed by atoms with E-state index in [2.05, 4.69) is 35.5 Å². The minimum atomic E-state index is -5.12. The minimum absolute atomic E-state index is 0.241. The van der Waals surface area contributed by atoms with Crippen molar-refractivity contribution in [3.8, 4) is 0 Å². The number of hydrogen-bond acceptors (Lipinski definition) is 11. The summed E-state index contributed by atoms with van der Waals surface area (Å²) in [4.78, 5) is 13.1. The van der Waals surface area contributed by atoms with E-state index in [0.717, 1.165) is 38.5 Å². The van der Waals surface area contributed by atoms with Crippen molar-refractivity contribution in [1.82, 2.24) is 5.32 Å². The third-order valence-electron chi connectivity index (χ3n) is 12.1. The van der Waals surface area contributed by atoms with Crippen LogP contribution in [-0.4, -0.2) is 107 Å². The minimum Gasteiger partial charge on any atom is -0.394 e. The van der Waals surface area contributed by atoms with Gasteiger partial charge in [0.15, 0.2) is 6.29 Å². The average Bonchev–Trinajstić information content (AvgIpc) is 3.25. The van der Waals surface area contributed by atoms with Gasteiger partial charge in [-0.15, -0.1) is 0 Å². The summed E-state index contributed by atoms with van der Waals surface area (Å²) in [5, 5.41) is 55.2. The molecule has 63 heavy (non-hydrogen) atoms. The second kappa shape index (κ2) is 39.7. The number of carbonyl (C=O) groups is 1. The monoisotopic (exact) mass is 920 g/mol. The Bertz CT molecular complexity index is 1240. The normalized spacial score (nSPS) is 21.0. The molecule has 0 aromatic heterocycles. The van der Waals surface area contributed by atoms with E-state index in [1.807, 2.05) is 0 Å². The molecule has 8 unspecified atom stereocenters. The molecule has 7 N–H and O–H groups in total. The molecule has 0 spiro atoms. The largest absolute Gasteiger partial charge is 0.397 e. The molecule has 0 saturated carbocycles. The summed E-state index contributed by atoms with van der Waals surface area (Å²) in [6, 6.07) is -1.13. The molecule has 1 aliphatic rings. The Morgan fingerprint density at radius 1 is 0.635 bits per heavy atom. The zero-order valence-electron chi connectivity index (χ0n) is 39.5. The van der Waals surface area contributed by atoms with Crippen LogP contribution in [0.3, 0.4) is 0 Å². The van der Waals surface area contributed by atoms with Gasteiger partial charge in [-0.1, -0.05) is 212 Å². The number of nitrogens with one attached hydrogen (secondary N) is 1. The molecule has 1 fully saturated rings. The van der Waals surface area contributed by atoms with Gasteiger partial charge in [-0.05, 0) is 32.1 Å². The number of rotatable bonds is 43. The van der Waals surface area contributed by atoms with E-state index >= 15 is 0 Å². The van der Waals surface area contributed by atoms with E-state index in [4.69, 9.17) is 9.47 Å². The second-order valence-corrected chi connectivity index (χ2v) is 18.9. The summed E-state index contributed by atoms with van der Waals surface area (Å²) in [7, 11) is -5.12. The Morgan fingerprint density at radius 2 is 1.06 bits per heavy atom. The van der Waals surface area contributed by atoms with Crippen molar-refractivity contribution in [1.29, 1.82) is 0 Å². The maximum Gasteiger partial charge on any atom is 0.397 e. The predicted octanol–water partition coefficient (Wildman–Crippen LogP) is 9.47. The van der Waals surface area contributed by atoms with Crippen molar-refractivity contribution in [3.05, 3.63) is 24.3 Å². The Morgan fingerprint density at radius 3 is 1.52 bits per heavy atom. The molecule has 1 rings (SSSR count). The van der Waals surface area contributed by atoms with Crippen LogP contribution in [0, 0.1) is 0 Å². The number of hydrogen-bond donors (Lipinski definition) is 7. The van der Waals surface area contributed by atoms with Gasteiger partial charge >= 0.3 is 10.4 Å². The quantitative estimate of drug-likeness (QED) is 0.0173. The molecule has 14 heteroatoms. The van der Waals surface area contributed by atoms with Crippen molar-refractivity contribution in [2.75, 3.05) is 13.2 Å². The lowest BCUT2D eigenvalue weighted by atomic mass is 9.99. The summed E-state index contributed by atoms with van der Waals surface area (Å²) in [6.07, 6.45) is 34.1. The lowest BCUT2D eigenvalue weighted by Crippen LogP contribution is -2.61. The predicted molar refractivity (Wildman–Crippen MR) is 251 cm³/mol. The number of carbonyl (C=O) groups excluding carboxylic acids is 1. The molecule has 372 valence electrons. The van der Waals surface area contributed by atoms with Crippen molar-refractivity contribution in [2.45, 2.75) is 268 Å². The highest BCUT2D eigenvalue weighted by Gasteiger charge is 2.48. The number of amides is 1. The molecule has 1 amide bonds. The number of aliphatic hydroxyl groups excluding tert-OH is 5. The highest BCUT2D eigenvalue weighted by molar-refractivity contribution is 7.80. The van der Waals surface area contributed by atoms with Crippen LogP contribution >= 0.6 is 0 Å². The van der Waals surface area contributed by atoms with Gasteiger partial charge in [-0.2, -0.15) is 8.42 Å². The van der Waals surface area contributed by atoms with E-state index < -0.39 is 78.5 Å². The molecule has 0 aromatic carbocycles. The SMILES string of the molecule is CCCCCCCCC/C=C/CC/C=C/C(O)C(COC1OC(CO)C(O)C(OS(=O)(=O)O)C1O)NC(=O)C(O)CCCCCCCCCCCCCCCCCCCCCCC. The topological polar surface area (TPSA) is 212 Å². The van der Waals surface area contributed by atoms with Gasteiger partial charge < -0.3 is 40.3 Å². The van der Waals surface area contributed by atoms with Crippen molar-refractivity contribution >= 4 is 16.3 Å². The maximum atomic E-state index is 13.1. The van der Waals surface area contributed by atoms with Crippen LogP contribution in [0.15, 0.2) is 24.3 Å². The smallest absolute Gasteiger partial charge is 0.394 e. The van der Waals surface area contributed by atoms with E-state index in [1.54, 1.807) is 6.08 Å². The molecule has 0 radical (unpaired) electrons. The van der Waals surface area contributed by atoms with Crippen LogP contribution in [0.1, 0.15) is 219 Å². The zero-order chi connectivity index (χ0) is 46.4. The highest BCUT2D eigenvalue weighted by Crippen LogP contribution is 2.26. The summed E-state index contributed by atoms with van der Waals surface area (Å²) in [5.74, 6) is -0.709. The Balaban J connectivity index is 2.49. The summed E-state index contributed by atoms with van der Waals surface area (Å²) >= 11 is 0. The highest BCUT2D eigenvalue weighted by atomic mass is 32.3. The zero-order valence-corrected chi connectivity index (χ0v) is 40.3. The lowest BCUT2D eigenvalue weighted by Gasteiger charge is -2.41. The maximum absolute atomic E-state index is 13.1. The first-order valence-corrected chi connectivity index (χ1v) is 26.7. The van der Waals surface area contributed by atoms with Crippen molar-refractivity contribution < 1.29 is 57.0 Å². The Hall–Kier alpha value is -1.46. The molecule has 0 aliphatic carbocycles. The number of ether oxygens (including phenoxy) is 2. The van der Waals surface area contributed by atoms with Gasteiger partial charge in [0, 0.05) is 0 Å². The first kappa shape index (κ1) is 59.6. The fraction of sp³-hybridized carbons (Fsp3) is 0.898. The van der Waals surface area contributed by atoms with Gasteiger partial charge in [0.1, 0.15) is 30.5 Å². The van der Waals surface area contributed by atoms with Crippen LogP contribution in [0.2, 0.25) is 0 Å². The van der Waals surface area contributed by atoms with Crippen LogP contribution in [0.4, 0.5) is 0 Å². The lowest BCUT2D eigenvalue weighted by molar-refractivity contribution is -0.298. The third-order valence-corrected chi connectivity index (χ3v) is 12.6. The van der Waals surface area contributed by atoms with E-state index in [0.29, 0.717) is 12.8 Å². The van der Waals surface area contributed by atoms with Crippen LogP contribution in [-0.2, 0) is 28.9 Å². The first-order chi connectivity index (χ1) is 30.4. The molecular weight excluding hydrogens is 827 g/mol. The van der Waals surface area contributed by atoms with Crippen molar-refractivity contribution in [2.24, 2.45) is 0 Å². The first-order valence-electron chi connectivity index (χ1n) is 25.3. The standard InChI is InChI=1S/C49H93NO12S/c1-3-5-7-9-11-13-15-17-18-19-20-21-22-23-24-26-28-30-32-34-36-38-43(53)48(56)50-41(42(52)37-35-33-31-29-27-25-16-14-12-10-8-6-4-2)40-60-49-46(55)47(62-63(57,58)59)45(54)44(39-51)61-49/h27,29,35,37,41-47,49,51-55H,3-26,28,30-34,36,38-40H2,1-2H3,(H,50,56)(H,57,58,59)/b29-27+,37-35+. The van der Waals surface area contributed by atoms with Gasteiger partial charge in [-0.3, -0.25) is 9.35 Å². The van der Waals surface area contributed by atoms with E-state index in [-0.39, 0.29) is 6.42 Å². The molecule has 1 heterocycles. The molecule has 13 nitrogen and oxygen atoms in total. The van der Waals surface area contributed by atoms with Gasteiger partial charge in [0.25, 0.3) is 0 Å². The molecule has 1 aliphatic heterocycles. The number of allylic oxidation sites excluding steroid dienone is 3. The van der Waals surface area contributed by atoms with Crippen molar-refractivity contribution in [3.63, 3.8) is 0 Å². The van der Waals surface area contributed by atoms with Gasteiger partial charge in [0.2, 0.25) is 5.91 Å². The van der Waals surface area contributed by atoms with Crippen LogP contribution in [0.5, 0.6) is 0 Å². The molecule has 8 atom stereocenters. The molecular formula is C49H93NO12S. The average molecular weight is 920 g/mol. The molecule has 1 saturated heterocycles. The summed E-state index contributed by atoms with van der Waals surface area (Å²) in [5.41, 5.74) is 0.